The number of hydrogen-bond donors (Lipinski definition) is 0. The van der Waals surface area contributed by atoms with Gasteiger partial charge >= 0.3 is 0 Å². The normalized spacial score (nSPS) is 29.0. The first-order valence-electron chi connectivity index (χ1n) is 2.67. The van der Waals surface area contributed by atoms with Crippen molar-refractivity contribution in [1.82, 2.24) is 0 Å². The minimum absolute atomic E-state index is 0.250. The van der Waals surface area contributed by atoms with E-state index in [-0.39, 0.29) is 12.2 Å². The van der Waals surface area contributed by atoms with Crippen LogP contribution in [0.25, 0.3) is 0 Å². The molecule has 1 nitrogen and oxygen atoms in total. The average molecular weight is 222 g/mol. The van der Waals surface area contributed by atoms with Crippen LogP contribution < -0.4 is 0 Å². The molecule has 0 unspecified atom stereocenters. The van der Waals surface area contributed by atoms with Crippen molar-refractivity contribution >= 4 is 52.2 Å². The van der Waals surface area contributed by atoms with E-state index >= 15 is 0 Å². The van der Waals surface area contributed by atoms with Gasteiger partial charge in [0.2, 0.25) is 4.33 Å². The van der Waals surface area contributed by atoms with Crippen LogP contribution in [0, 0.1) is 0 Å². The second kappa shape index (κ2) is 2.41. The molecule has 0 aromatic heterocycles. The lowest BCUT2D eigenvalue weighted by atomic mass is 10.3. The predicted octanol–water partition coefficient (Wildman–Crippen LogP) is 2.70. The fourth-order valence-corrected chi connectivity index (χ4v) is 1.57. The van der Waals surface area contributed by atoms with Crippen LogP contribution in [0.5, 0.6) is 0 Å². The van der Waals surface area contributed by atoms with Gasteiger partial charge in [0.15, 0.2) is 10.1 Å². The average Bonchev–Trinajstić information content (AvgIpc) is 1.94. The highest BCUT2D eigenvalue weighted by Gasteiger charge is 2.57. The van der Waals surface area contributed by atoms with Crippen LogP contribution in [-0.2, 0) is 4.79 Å². The van der Waals surface area contributed by atoms with Crippen molar-refractivity contribution in [1.29, 1.82) is 0 Å². The predicted molar refractivity (Wildman–Crippen MR) is 43.1 cm³/mol. The number of carbonyl (C=O) groups is 1. The number of alkyl halides is 4. The van der Waals surface area contributed by atoms with Gasteiger partial charge in [-0.25, -0.2) is 0 Å². The van der Waals surface area contributed by atoms with E-state index in [4.69, 9.17) is 46.4 Å². The minimum atomic E-state index is -1.61. The molecule has 0 aromatic rings. The molecule has 0 bridgehead atoms. The van der Waals surface area contributed by atoms with Crippen LogP contribution in [0.4, 0.5) is 0 Å². The Morgan fingerprint density at radius 2 is 1.70 bits per heavy atom. The first kappa shape index (κ1) is 8.92. The van der Waals surface area contributed by atoms with Gasteiger partial charge in [-0.2, -0.15) is 0 Å². The maximum absolute atomic E-state index is 10.9. The maximum Gasteiger partial charge on any atom is 0.208 e. The number of Topliss-reactive ketones (excluding diaryl/α,β-unsaturated/α-hetero) is 1. The van der Waals surface area contributed by atoms with E-state index < -0.39 is 8.67 Å². The Hall–Kier alpha value is 0.830. The second-order valence-electron chi connectivity index (χ2n) is 2.20. The third-order valence-corrected chi connectivity index (χ3v) is 3.87. The Kier molecular flexibility index (Phi) is 2.15. The molecule has 0 N–H and O–H groups in total. The molecule has 0 atom stereocenters. The summed E-state index contributed by atoms with van der Waals surface area (Å²) >= 11 is 22.4. The van der Waals surface area contributed by atoms with E-state index in [1.165, 1.54) is 0 Å². The minimum Gasteiger partial charge on any atom is -0.296 e. The first-order chi connectivity index (χ1) is 4.38. The zero-order chi connectivity index (χ0) is 7.99. The molecule has 0 aromatic carbocycles. The molecule has 0 heterocycles. The number of ketones is 1. The molecule has 0 saturated heterocycles. The third kappa shape index (κ3) is 1.14. The SMILES string of the molecule is O=C1CCC(Cl)(Cl)C1(Cl)Cl. The monoisotopic (exact) mass is 220 g/mol. The van der Waals surface area contributed by atoms with E-state index in [2.05, 4.69) is 0 Å². The van der Waals surface area contributed by atoms with Crippen molar-refractivity contribution in [2.75, 3.05) is 0 Å². The summed E-state index contributed by atoms with van der Waals surface area (Å²) in [5.74, 6) is -0.305. The second-order valence-corrected chi connectivity index (χ2v) is 5.01. The zero-order valence-electron chi connectivity index (χ0n) is 4.83. The Balaban J connectivity index is 2.95. The van der Waals surface area contributed by atoms with Crippen LogP contribution in [0.15, 0.2) is 0 Å². The van der Waals surface area contributed by atoms with Gasteiger partial charge in [0, 0.05) is 6.42 Å². The lowest BCUT2D eigenvalue weighted by Crippen LogP contribution is -2.35. The van der Waals surface area contributed by atoms with Gasteiger partial charge < -0.3 is 0 Å². The standard InChI is InChI=1S/C5H4Cl4O/c6-4(7)2-1-3(10)5(4,8)9/h1-2H2. The summed E-state index contributed by atoms with van der Waals surface area (Å²) < 4.78 is -2.93. The molecule has 1 aliphatic rings. The van der Waals surface area contributed by atoms with Crippen molar-refractivity contribution in [3.05, 3.63) is 0 Å². The third-order valence-electron chi connectivity index (χ3n) is 1.48. The summed E-state index contributed by atoms with van der Waals surface area (Å²) in [6.07, 6.45) is 0.571. The Bertz CT molecular complexity index is 174. The van der Waals surface area contributed by atoms with E-state index in [0.29, 0.717) is 6.42 Å². The van der Waals surface area contributed by atoms with E-state index in [9.17, 15) is 4.79 Å². The van der Waals surface area contributed by atoms with E-state index in [1.807, 2.05) is 0 Å². The zero-order valence-corrected chi connectivity index (χ0v) is 7.86. The van der Waals surface area contributed by atoms with Gasteiger partial charge in [-0.3, -0.25) is 4.79 Å². The fraction of sp³-hybridized carbons (Fsp3) is 0.800. The van der Waals surface area contributed by atoms with E-state index in [1.54, 1.807) is 0 Å². The highest BCUT2D eigenvalue weighted by molar-refractivity contribution is 6.70. The molecule has 1 rings (SSSR count). The Morgan fingerprint density at radius 1 is 1.20 bits per heavy atom. The highest BCUT2D eigenvalue weighted by Crippen LogP contribution is 2.51. The maximum atomic E-state index is 10.9. The molecule has 58 valence electrons. The molecule has 5 heteroatoms. The molecule has 1 fully saturated rings. The highest BCUT2D eigenvalue weighted by atomic mass is 35.5. The van der Waals surface area contributed by atoms with Crippen LogP contribution in [-0.4, -0.2) is 14.4 Å². The van der Waals surface area contributed by atoms with Gasteiger partial charge in [0.05, 0.1) is 0 Å². The smallest absolute Gasteiger partial charge is 0.208 e. The van der Waals surface area contributed by atoms with Crippen molar-refractivity contribution in [3.63, 3.8) is 0 Å². The summed E-state index contributed by atoms with van der Waals surface area (Å²) in [6.45, 7) is 0. The van der Waals surface area contributed by atoms with Crippen LogP contribution in [0.3, 0.4) is 0 Å². The molecule has 0 spiro atoms. The summed E-state index contributed by atoms with van der Waals surface area (Å²) in [7, 11) is 0. The van der Waals surface area contributed by atoms with Crippen molar-refractivity contribution in [2.24, 2.45) is 0 Å². The quantitative estimate of drug-likeness (QED) is 0.575. The molecular formula is C5H4Cl4O. The Morgan fingerprint density at radius 3 is 1.80 bits per heavy atom. The van der Waals surface area contributed by atoms with E-state index in [0.717, 1.165) is 0 Å². The van der Waals surface area contributed by atoms with Crippen molar-refractivity contribution in [3.8, 4) is 0 Å². The van der Waals surface area contributed by atoms with Crippen LogP contribution in [0.2, 0.25) is 0 Å². The number of carbonyl (C=O) groups excluding carboxylic acids is 1. The summed E-state index contributed by atoms with van der Waals surface area (Å²) in [4.78, 5) is 10.9. The molecular weight excluding hydrogens is 218 g/mol. The van der Waals surface area contributed by atoms with Gasteiger partial charge in [-0.15, -0.1) is 0 Å². The van der Waals surface area contributed by atoms with Crippen LogP contribution >= 0.6 is 46.4 Å². The molecule has 1 saturated carbocycles. The van der Waals surface area contributed by atoms with Gasteiger partial charge in [0.1, 0.15) is 0 Å². The largest absolute Gasteiger partial charge is 0.296 e. The lowest BCUT2D eigenvalue weighted by molar-refractivity contribution is -0.117. The summed E-state index contributed by atoms with van der Waals surface area (Å²) in [5.41, 5.74) is 0. The number of hydrogen-bond acceptors (Lipinski definition) is 1. The molecule has 0 radical (unpaired) electrons. The van der Waals surface area contributed by atoms with Crippen molar-refractivity contribution < 1.29 is 4.79 Å². The summed E-state index contributed by atoms with van der Waals surface area (Å²) in [5, 5.41) is 0. The van der Waals surface area contributed by atoms with Gasteiger partial charge in [0.25, 0.3) is 0 Å². The van der Waals surface area contributed by atoms with Gasteiger partial charge in [-0.1, -0.05) is 46.4 Å². The lowest BCUT2D eigenvalue weighted by Gasteiger charge is -2.22. The number of rotatable bonds is 0. The van der Waals surface area contributed by atoms with Gasteiger partial charge in [-0.05, 0) is 6.42 Å². The topological polar surface area (TPSA) is 17.1 Å². The van der Waals surface area contributed by atoms with Crippen LogP contribution in [0.1, 0.15) is 12.8 Å². The molecule has 10 heavy (non-hydrogen) atoms. The Labute approximate surface area is 78.6 Å². The molecule has 1 aliphatic carbocycles. The number of halogens is 4. The first-order valence-corrected chi connectivity index (χ1v) is 4.18. The van der Waals surface area contributed by atoms with Crippen molar-refractivity contribution in [2.45, 2.75) is 21.5 Å². The fourth-order valence-electron chi connectivity index (χ4n) is 0.788. The molecule has 0 aliphatic heterocycles. The summed E-state index contributed by atoms with van der Waals surface area (Å²) in [6, 6.07) is 0. The molecule has 0 amide bonds.